The molecule has 0 aliphatic heterocycles. The van der Waals surface area contributed by atoms with Gasteiger partial charge in [-0.05, 0) is 66.9 Å². The van der Waals surface area contributed by atoms with E-state index in [1.165, 1.54) is 0 Å². The molecule has 0 aromatic heterocycles. The van der Waals surface area contributed by atoms with Crippen LogP contribution in [0, 0.1) is 17.3 Å². The third-order valence-corrected chi connectivity index (χ3v) is 6.82. The fraction of sp³-hybridized carbons (Fsp3) is 0.542. The molecule has 1 aromatic carbocycles. The van der Waals surface area contributed by atoms with Crippen LogP contribution in [-0.4, -0.2) is 34.5 Å². The quantitative estimate of drug-likeness (QED) is 0.760. The molecule has 2 aliphatic rings. The Hall–Kier alpha value is -1.91. The van der Waals surface area contributed by atoms with E-state index < -0.39 is 11.7 Å². The van der Waals surface area contributed by atoms with E-state index in [0.29, 0.717) is 12.0 Å². The molecule has 2 N–H and O–H groups in total. The number of esters is 1. The van der Waals surface area contributed by atoms with Crippen LogP contribution >= 0.6 is 0 Å². The Kier molecular flexibility index (Phi) is 5.83. The fourth-order valence-electron chi connectivity index (χ4n) is 5.16. The van der Waals surface area contributed by atoms with Crippen LogP contribution in [0.15, 0.2) is 53.6 Å². The van der Waals surface area contributed by atoms with Gasteiger partial charge in [0, 0.05) is 5.92 Å². The number of benzene rings is 1. The second kappa shape index (κ2) is 7.84. The maximum absolute atomic E-state index is 12.8. The topological polar surface area (TPSA) is 66.8 Å². The molecular formula is C24H32O4. The van der Waals surface area contributed by atoms with Crippen LogP contribution < -0.4 is 0 Å². The van der Waals surface area contributed by atoms with Gasteiger partial charge in [-0.25, -0.2) is 4.79 Å². The molecule has 0 heterocycles. The van der Waals surface area contributed by atoms with Crippen molar-refractivity contribution in [3.8, 4) is 0 Å². The molecule has 1 aromatic rings. The summed E-state index contributed by atoms with van der Waals surface area (Å²) in [4.78, 5) is 12.8. The Morgan fingerprint density at radius 2 is 1.96 bits per heavy atom. The molecule has 1 fully saturated rings. The number of ether oxygens (including phenoxy) is 1. The molecule has 0 radical (unpaired) electrons. The third kappa shape index (κ3) is 3.68. The highest BCUT2D eigenvalue weighted by molar-refractivity contribution is 5.89. The van der Waals surface area contributed by atoms with Crippen molar-refractivity contribution in [3.05, 3.63) is 59.2 Å². The smallest absolute Gasteiger partial charge is 0.338 e. The first-order chi connectivity index (χ1) is 13.2. The summed E-state index contributed by atoms with van der Waals surface area (Å²) in [5.74, 6) is -0.522. The summed E-state index contributed by atoms with van der Waals surface area (Å²) in [6.45, 7) is 8.22. The largest absolute Gasteiger partial charge is 0.454 e. The lowest BCUT2D eigenvalue weighted by Gasteiger charge is -2.43. The average molecular weight is 385 g/mol. The van der Waals surface area contributed by atoms with Crippen molar-refractivity contribution in [2.45, 2.75) is 58.7 Å². The van der Waals surface area contributed by atoms with E-state index in [0.717, 1.165) is 24.0 Å². The van der Waals surface area contributed by atoms with Crippen LogP contribution in [0.25, 0.3) is 0 Å². The van der Waals surface area contributed by atoms with Gasteiger partial charge in [-0.2, -0.15) is 0 Å². The molecule has 28 heavy (non-hydrogen) atoms. The van der Waals surface area contributed by atoms with Crippen molar-refractivity contribution in [1.82, 2.24) is 0 Å². The normalized spacial score (nSPS) is 34.1. The molecule has 1 unspecified atom stereocenters. The van der Waals surface area contributed by atoms with Gasteiger partial charge in [-0.3, -0.25) is 0 Å². The van der Waals surface area contributed by atoms with Crippen molar-refractivity contribution in [2.24, 2.45) is 17.3 Å². The summed E-state index contributed by atoms with van der Waals surface area (Å²) in [5.41, 5.74) is 1.47. The third-order valence-electron chi connectivity index (χ3n) is 6.82. The number of rotatable bonds is 4. The number of hydrogen-bond donors (Lipinski definition) is 2. The first-order valence-corrected chi connectivity index (χ1v) is 10.2. The molecule has 0 amide bonds. The summed E-state index contributed by atoms with van der Waals surface area (Å²) in [6, 6.07) is 8.99. The Morgan fingerprint density at radius 3 is 2.57 bits per heavy atom. The van der Waals surface area contributed by atoms with Gasteiger partial charge >= 0.3 is 5.97 Å². The molecule has 1 saturated carbocycles. The van der Waals surface area contributed by atoms with E-state index in [1.54, 1.807) is 12.1 Å². The second-order valence-corrected chi connectivity index (χ2v) is 8.95. The van der Waals surface area contributed by atoms with Crippen LogP contribution in [0.5, 0.6) is 0 Å². The Morgan fingerprint density at radius 1 is 1.29 bits per heavy atom. The molecule has 4 nitrogen and oxygen atoms in total. The van der Waals surface area contributed by atoms with Crippen LogP contribution in [0.4, 0.5) is 0 Å². The predicted octanol–water partition coefficient (Wildman–Crippen LogP) is 4.28. The number of carbonyl (C=O) groups is 1. The number of aliphatic hydroxyl groups is 2. The highest BCUT2D eigenvalue weighted by Crippen LogP contribution is 2.58. The standard InChI is InChI=1S/C24H32O4/c1-16(2)24(27)12-11-23(4)15-19(10-13-25)17(3)14-20(21(23)24)28-22(26)18-8-6-5-7-9-18/h5-10,14,16,20-21,25,27H,11-13,15H2,1-4H3/b19-10-/t20-,21?,23+,24+/m0/s1. The number of carbonyl (C=O) groups excluding carboxylic acids is 1. The lowest BCUT2D eigenvalue weighted by Crippen LogP contribution is -2.49. The van der Waals surface area contributed by atoms with Crippen molar-refractivity contribution >= 4 is 5.97 Å². The lowest BCUT2D eigenvalue weighted by molar-refractivity contribution is -0.101. The van der Waals surface area contributed by atoms with E-state index >= 15 is 0 Å². The first kappa shape index (κ1) is 20.8. The van der Waals surface area contributed by atoms with Crippen molar-refractivity contribution < 1.29 is 19.7 Å². The van der Waals surface area contributed by atoms with E-state index in [-0.39, 0.29) is 29.8 Å². The summed E-state index contributed by atoms with van der Waals surface area (Å²) in [5, 5.41) is 21.1. The molecule has 152 valence electrons. The molecule has 4 atom stereocenters. The number of allylic oxidation sites excluding steroid dienone is 2. The summed E-state index contributed by atoms with van der Waals surface area (Å²) >= 11 is 0. The maximum atomic E-state index is 12.8. The number of fused-ring (bicyclic) bond motifs is 1. The zero-order valence-corrected chi connectivity index (χ0v) is 17.3. The van der Waals surface area contributed by atoms with E-state index in [2.05, 4.69) is 6.92 Å². The van der Waals surface area contributed by atoms with Crippen LogP contribution in [-0.2, 0) is 4.74 Å². The number of hydrogen-bond acceptors (Lipinski definition) is 4. The highest BCUT2D eigenvalue weighted by Gasteiger charge is 2.59. The first-order valence-electron chi connectivity index (χ1n) is 10.2. The van der Waals surface area contributed by atoms with Gasteiger partial charge in [0.1, 0.15) is 6.10 Å². The van der Waals surface area contributed by atoms with E-state index in [9.17, 15) is 15.0 Å². The zero-order valence-electron chi connectivity index (χ0n) is 17.3. The average Bonchev–Trinajstić information content (AvgIpc) is 2.88. The van der Waals surface area contributed by atoms with Gasteiger partial charge in [0.05, 0.1) is 17.8 Å². The maximum Gasteiger partial charge on any atom is 0.338 e. The number of aliphatic hydroxyl groups excluding tert-OH is 1. The van der Waals surface area contributed by atoms with Crippen molar-refractivity contribution in [3.63, 3.8) is 0 Å². The van der Waals surface area contributed by atoms with E-state index in [4.69, 9.17) is 4.74 Å². The Labute approximate surface area is 167 Å². The molecule has 2 aliphatic carbocycles. The zero-order chi connectivity index (χ0) is 20.5. The SMILES string of the molecule is CC1=C[C@H](OC(=O)c2ccccc2)C2[C@](C)(CC[C@@]2(O)C(C)C)C/C1=C/CO. The summed E-state index contributed by atoms with van der Waals surface area (Å²) in [7, 11) is 0. The Balaban J connectivity index is 2.04. The minimum atomic E-state index is -0.901. The summed E-state index contributed by atoms with van der Waals surface area (Å²) < 4.78 is 6.01. The lowest BCUT2D eigenvalue weighted by atomic mass is 9.67. The van der Waals surface area contributed by atoms with E-state index in [1.807, 2.05) is 51.1 Å². The van der Waals surface area contributed by atoms with Gasteiger partial charge in [-0.15, -0.1) is 0 Å². The van der Waals surface area contributed by atoms with Crippen LogP contribution in [0.2, 0.25) is 0 Å². The summed E-state index contributed by atoms with van der Waals surface area (Å²) in [6.07, 6.45) is 5.59. The predicted molar refractivity (Wildman–Crippen MR) is 110 cm³/mol. The molecular weight excluding hydrogens is 352 g/mol. The van der Waals surface area contributed by atoms with Gasteiger partial charge in [0.25, 0.3) is 0 Å². The van der Waals surface area contributed by atoms with Crippen LogP contribution in [0.1, 0.15) is 57.3 Å². The van der Waals surface area contributed by atoms with Crippen LogP contribution in [0.3, 0.4) is 0 Å². The van der Waals surface area contributed by atoms with Gasteiger partial charge in [-0.1, -0.05) is 45.0 Å². The molecule has 3 rings (SSSR count). The minimum absolute atomic E-state index is 0.0236. The van der Waals surface area contributed by atoms with Gasteiger partial charge < -0.3 is 14.9 Å². The second-order valence-electron chi connectivity index (χ2n) is 8.95. The van der Waals surface area contributed by atoms with Gasteiger partial charge in [0.2, 0.25) is 0 Å². The van der Waals surface area contributed by atoms with Crippen molar-refractivity contribution in [2.75, 3.05) is 6.61 Å². The fourth-order valence-corrected chi connectivity index (χ4v) is 5.16. The van der Waals surface area contributed by atoms with Crippen molar-refractivity contribution in [1.29, 1.82) is 0 Å². The molecule has 0 spiro atoms. The molecule has 0 bridgehead atoms. The Bertz CT molecular complexity index is 779. The minimum Gasteiger partial charge on any atom is -0.454 e. The highest BCUT2D eigenvalue weighted by atomic mass is 16.5. The molecule has 0 saturated heterocycles. The monoisotopic (exact) mass is 384 g/mol. The van der Waals surface area contributed by atoms with Gasteiger partial charge in [0.15, 0.2) is 0 Å². The molecule has 4 heteroatoms.